The Morgan fingerprint density at radius 2 is 1.81 bits per heavy atom. The van der Waals surface area contributed by atoms with E-state index in [0.29, 0.717) is 11.1 Å². The first-order chi connectivity index (χ1) is 14.4. The zero-order valence-corrected chi connectivity index (χ0v) is 18.3. The van der Waals surface area contributed by atoms with E-state index < -0.39 is 45.7 Å². The van der Waals surface area contributed by atoms with Gasteiger partial charge in [-0.2, -0.15) is 0 Å². The Morgan fingerprint density at radius 3 is 2.29 bits per heavy atom. The van der Waals surface area contributed by atoms with Gasteiger partial charge in [0.2, 0.25) is 0 Å². The van der Waals surface area contributed by atoms with Crippen LogP contribution in [-0.2, 0) is 14.3 Å². The molecule has 31 heavy (non-hydrogen) atoms. The fourth-order valence-electron chi connectivity index (χ4n) is 5.23. The summed E-state index contributed by atoms with van der Waals surface area (Å²) in [6.45, 7) is 9.08. The molecule has 0 spiro atoms. The first kappa shape index (κ1) is 24.5. The molecule has 5 atom stereocenters. The van der Waals surface area contributed by atoms with Crippen molar-refractivity contribution in [1.82, 2.24) is 5.32 Å². The largest absolute Gasteiger partial charge is 0.481 e. The van der Waals surface area contributed by atoms with Gasteiger partial charge in [0.15, 0.2) is 0 Å². The summed E-state index contributed by atoms with van der Waals surface area (Å²) in [5.41, 5.74) is -2.54. The van der Waals surface area contributed by atoms with Gasteiger partial charge in [-0.05, 0) is 39.2 Å². The normalized spacial score (nSPS) is 30.5. The average Bonchev–Trinajstić information content (AvgIpc) is 2.68. The van der Waals surface area contributed by atoms with E-state index in [1.54, 1.807) is 26.8 Å². The molecule has 3 N–H and O–H groups in total. The molecule has 0 bridgehead atoms. The highest BCUT2D eigenvalue weighted by Crippen LogP contribution is 2.59. The van der Waals surface area contributed by atoms with Crippen LogP contribution in [0, 0.1) is 20.9 Å². The second-order valence-corrected chi connectivity index (χ2v) is 8.46. The number of nitro groups is 1. The summed E-state index contributed by atoms with van der Waals surface area (Å²) < 4.78 is 5.19. The van der Waals surface area contributed by atoms with Gasteiger partial charge < -0.3 is 20.3 Å². The predicted molar refractivity (Wildman–Crippen MR) is 114 cm³/mol. The zero-order chi connectivity index (χ0) is 23.6. The summed E-state index contributed by atoms with van der Waals surface area (Å²) in [7, 11) is 1.44. The second kappa shape index (κ2) is 9.15. The smallest absolute Gasteiger partial charge is 0.312 e. The number of ether oxygens (including phenoxy) is 1. The molecule has 0 radical (unpaired) electrons. The number of aliphatic carboxylic acids is 2. The molecular formula is C22H30N2O7. The highest BCUT2D eigenvalue weighted by atomic mass is 16.6. The van der Waals surface area contributed by atoms with Gasteiger partial charge in [-0.25, -0.2) is 0 Å². The van der Waals surface area contributed by atoms with Gasteiger partial charge in [0.1, 0.15) is 0 Å². The topological polar surface area (TPSA) is 139 Å². The van der Waals surface area contributed by atoms with Gasteiger partial charge in [-0.15, -0.1) is 6.58 Å². The first-order valence-electron chi connectivity index (χ1n) is 10.1. The SMILES string of the molecule is C=C(C)CC1(C(=O)O)C(C)NC(C)C(CCOC)(C(=O)O)C1c1cccc([N+](=O)[O-])c1. The van der Waals surface area contributed by atoms with Crippen molar-refractivity contribution in [2.75, 3.05) is 13.7 Å². The van der Waals surface area contributed by atoms with Crippen LogP contribution < -0.4 is 5.32 Å². The highest BCUT2D eigenvalue weighted by molar-refractivity contribution is 5.84. The predicted octanol–water partition coefficient (Wildman–Crippen LogP) is 3.20. The molecule has 0 aliphatic carbocycles. The van der Waals surface area contributed by atoms with Crippen molar-refractivity contribution < 1.29 is 29.5 Å². The van der Waals surface area contributed by atoms with E-state index in [1.807, 2.05) is 0 Å². The van der Waals surface area contributed by atoms with Crippen LogP contribution in [0.3, 0.4) is 0 Å². The Morgan fingerprint density at radius 1 is 1.23 bits per heavy atom. The lowest BCUT2D eigenvalue weighted by Gasteiger charge is -2.57. The number of rotatable bonds is 9. The Labute approximate surface area is 181 Å². The number of methoxy groups -OCH3 is 1. The van der Waals surface area contributed by atoms with Crippen molar-refractivity contribution in [3.8, 4) is 0 Å². The molecule has 1 aliphatic rings. The Balaban J connectivity index is 2.96. The molecule has 0 saturated carbocycles. The third-order valence-electron chi connectivity index (χ3n) is 6.60. The molecular weight excluding hydrogens is 404 g/mol. The summed E-state index contributed by atoms with van der Waals surface area (Å²) in [4.78, 5) is 36.6. The molecule has 1 aromatic rings. The van der Waals surface area contributed by atoms with Gasteiger partial charge >= 0.3 is 11.9 Å². The molecule has 9 nitrogen and oxygen atoms in total. The standard InChI is InChI=1S/C22H30N2O7/c1-13(2)12-22(20(27)28)15(4)23-14(3)21(19(25)26,9-10-31-5)18(22)16-7-6-8-17(11-16)24(29)30/h6-8,11,14-15,18,23H,1,9-10,12H2,2-5H3,(H,25,26)(H,27,28). The number of benzene rings is 1. The lowest BCUT2D eigenvalue weighted by molar-refractivity contribution is -0.385. The van der Waals surface area contributed by atoms with E-state index in [0.717, 1.165) is 0 Å². The van der Waals surface area contributed by atoms with Crippen LogP contribution in [0.5, 0.6) is 0 Å². The minimum atomic E-state index is -1.60. The number of carbonyl (C=O) groups is 2. The maximum Gasteiger partial charge on any atom is 0.312 e. The van der Waals surface area contributed by atoms with Crippen LogP contribution in [-0.4, -0.2) is 52.9 Å². The third-order valence-corrected chi connectivity index (χ3v) is 6.60. The summed E-state index contributed by atoms with van der Waals surface area (Å²) in [6, 6.07) is 4.36. The summed E-state index contributed by atoms with van der Waals surface area (Å²) in [6.07, 6.45) is 0.0386. The van der Waals surface area contributed by atoms with Crippen molar-refractivity contribution in [3.63, 3.8) is 0 Å². The first-order valence-corrected chi connectivity index (χ1v) is 10.1. The molecule has 1 heterocycles. The molecule has 0 aromatic heterocycles. The number of nitro benzene ring substituents is 1. The van der Waals surface area contributed by atoms with E-state index in [2.05, 4.69) is 11.9 Å². The third kappa shape index (κ3) is 4.07. The van der Waals surface area contributed by atoms with Crippen LogP contribution in [0.1, 0.15) is 45.1 Å². The van der Waals surface area contributed by atoms with E-state index in [-0.39, 0.29) is 25.1 Å². The molecule has 1 aromatic carbocycles. The number of nitrogens with one attached hydrogen (secondary N) is 1. The van der Waals surface area contributed by atoms with E-state index in [4.69, 9.17) is 4.74 Å². The number of allylic oxidation sites excluding steroid dienone is 1. The van der Waals surface area contributed by atoms with Gasteiger partial charge in [-0.3, -0.25) is 19.7 Å². The zero-order valence-electron chi connectivity index (χ0n) is 18.3. The number of carboxylic acids is 2. The maximum atomic E-state index is 12.9. The van der Waals surface area contributed by atoms with Gasteiger partial charge in [0.05, 0.1) is 15.8 Å². The molecule has 1 saturated heterocycles. The molecule has 0 amide bonds. The molecule has 1 fully saturated rings. The number of piperidine rings is 1. The second-order valence-electron chi connectivity index (χ2n) is 8.46. The molecule has 9 heteroatoms. The number of hydrogen-bond donors (Lipinski definition) is 3. The lowest BCUT2D eigenvalue weighted by atomic mass is 9.49. The number of non-ortho nitro benzene ring substituents is 1. The van der Waals surface area contributed by atoms with E-state index >= 15 is 0 Å². The summed E-state index contributed by atoms with van der Waals surface area (Å²) >= 11 is 0. The van der Waals surface area contributed by atoms with Crippen LogP contribution in [0.4, 0.5) is 5.69 Å². The minimum absolute atomic E-state index is 0.0125. The van der Waals surface area contributed by atoms with Gasteiger partial charge in [0.25, 0.3) is 5.69 Å². The number of hydrogen-bond acceptors (Lipinski definition) is 6. The van der Waals surface area contributed by atoms with Crippen LogP contribution in [0.25, 0.3) is 0 Å². The van der Waals surface area contributed by atoms with Crippen molar-refractivity contribution >= 4 is 17.6 Å². The molecule has 1 aliphatic heterocycles. The minimum Gasteiger partial charge on any atom is -0.481 e. The number of nitrogens with zero attached hydrogens (tertiary/aromatic N) is 1. The summed E-state index contributed by atoms with van der Waals surface area (Å²) in [5, 5.41) is 35.6. The fourth-order valence-corrected chi connectivity index (χ4v) is 5.23. The fraction of sp³-hybridized carbons (Fsp3) is 0.545. The van der Waals surface area contributed by atoms with Crippen LogP contribution in [0.2, 0.25) is 0 Å². The van der Waals surface area contributed by atoms with E-state index in [9.17, 15) is 29.9 Å². The Hall–Kier alpha value is -2.78. The van der Waals surface area contributed by atoms with Crippen LogP contribution >= 0.6 is 0 Å². The number of carboxylic acid groups (broad SMARTS) is 2. The van der Waals surface area contributed by atoms with Gasteiger partial charge in [-0.1, -0.05) is 17.7 Å². The maximum absolute atomic E-state index is 12.9. The average molecular weight is 434 g/mol. The molecule has 5 unspecified atom stereocenters. The Bertz CT molecular complexity index is 886. The quantitative estimate of drug-likeness (QED) is 0.306. The van der Waals surface area contributed by atoms with Crippen molar-refractivity contribution in [2.45, 2.75) is 51.6 Å². The molecule has 170 valence electrons. The molecule has 2 rings (SSSR count). The monoisotopic (exact) mass is 434 g/mol. The summed E-state index contributed by atoms with van der Waals surface area (Å²) in [5.74, 6) is -3.43. The Kier molecular flexibility index (Phi) is 7.23. The van der Waals surface area contributed by atoms with E-state index in [1.165, 1.54) is 25.3 Å². The van der Waals surface area contributed by atoms with Crippen molar-refractivity contribution in [3.05, 3.63) is 52.1 Å². The lowest BCUT2D eigenvalue weighted by Crippen LogP contribution is -2.69. The highest BCUT2D eigenvalue weighted by Gasteiger charge is 2.66. The van der Waals surface area contributed by atoms with Crippen LogP contribution in [0.15, 0.2) is 36.4 Å². The van der Waals surface area contributed by atoms with Crippen molar-refractivity contribution in [1.29, 1.82) is 0 Å². The van der Waals surface area contributed by atoms with Gasteiger partial charge in [0, 0.05) is 43.9 Å². The van der Waals surface area contributed by atoms with Crippen molar-refractivity contribution in [2.24, 2.45) is 10.8 Å².